The summed E-state index contributed by atoms with van der Waals surface area (Å²) in [7, 11) is 0. The first kappa shape index (κ1) is 17.7. The molecular weight excluding hydrogens is 354 g/mol. The van der Waals surface area contributed by atoms with Gasteiger partial charge in [-0.15, -0.1) is 0 Å². The summed E-state index contributed by atoms with van der Waals surface area (Å²) in [4.78, 5) is 0.169. The van der Waals surface area contributed by atoms with E-state index in [1.807, 2.05) is 6.07 Å². The largest absolute Gasteiger partial charge is 0.867 e. The third-order valence-corrected chi connectivity index (χ3v) is 3.91. The van der Waals surface area contributed by atoms with Gasteiger partial charge in [-0.25, -0.2) is 8.78 Å². The average Bonchev–Trinajstić information content (AvgIpc) is 2.65. The van der Waals surface area contributed by atoms with E-state index >= 15 is 0 Å². The van der Waals surface area contributed by atoms with E-state index in [0.717, 1.165) is 0 Å². The van der Waals surface area contributed by atoms with Crippen molar-refractivity contribution in [2.24, 2.45) is 0 Å². The van der Waals surface area contributed by atoms with Crippen LogP contribution in [-0.2, 0) is 0 Å². The Bertz CT molecular complexity index is 940. The topological polar surface area (TPSA) is 39.0 Å². The number of aromatic nitrogens is 1. The lowest BCUT2D eigenvalue weighted by atomic mass is 10.1. The fourth-order valence-corrected chi connectivity index (χ4v) is 2.66. The van der Waals surface area contributed by atoms with Crippen LogP contribution in [0.1, 0.15) is 5.56 Å². The molecule has 1 aromatic heterocycles. The van der Waals surface area contributed by atoms with E-state index < -0.39 is 5.82 Å². The zero-order valence-corrected chi connectivity index (χ0v) is 14.3. The van der Waals surface area contributed by atoms with E-state index in [9.17, 15) is 13.9 Å². The number of halogens is 2. The maximum Gasteiger partial charge on any atom is 0.238 e. The van der Waals surface area contributed by atoms with Gasteiger partial charge in [-0.1, -0.05) is 30.4 Å². The molecule has 0 saturated heterocycles. The van der Waals surface area contributed by atoms with Crippen molar-refractivity contribution in [2.45, 2.75) is 0 Å². The lowest BCUT2D eigenvalue weighted by molar-refractivity contribution is -0.577. The molecule has 1 heterocycles. The van der Waals surface area contributed by atoms with Crippen LogP contribution in [0.2, 0.25) is 0 Å². The van der Waals surface area contributed by atoms with Crippen LogP contribution in [0.25, 0.3) is 11.5 Å². The summed E-state index contributed by atoms with van der Waals surface area (Å²) >= 11 is 5.42. The summed E-state index contributed by atoms with van der Waals surface area (Å²) in [5, 5.41) is 15.9. The van der Waals surface area contributed by atoms with Gasteiger partial charge in [-0.05, 0) is 47.7 Å². The summed E-state index contributed by atoms with van der Waals surface area (Å²) in [5.74, 6) is -1.16. The first-order chi connectivity index (χ1) is 12.5. The molecule has 0 aliphatic rings. The molecule has 6 heteroatoms. The molecule has 1 N–H and O–H groups in total. The number of hydrogen-bond acceptors (Lipinski definition) is 2. The fraction of sp³-hybridized carbons (Fsp3) is 0. The second-order valence-corrected chi connectivity index (χ2v) is 5.84. The van der Waals surface area contributed by atoms with Crippen LogP contribution in [0.3, 0.4) is 0 Å². The van der Waals surface area contributed by atoms with Gasteiger partial charge < -0.3 is 10.4 Å². The SMILES string of the molecule is [O-]C(=C(C(=S)Nc1ccc(F)cc1)[n+]1ccccc1)c1ccc(F)cc1. The molecule has 0 unspecified atom stereocenters. The highest BCUT2D eigenvalue weighted by Crippen LogP contribution is 2.17. The second-order valence-electron chi connectivity index (χ2n) is 5.43. The van der Waals surface area contributed by atoms with E-state index in [4.69, 9.17) is 12.2 Å². The van der Waals surface area contributed by atoms with Crippen molar-refractivity contribution < 1.29 is 18.5 Å². The summed E-state index contributed by atoms with van der Waals surface area (Å²) in [5.41, 5.74) is 1.06. The van der Waals surface area contributed by atoms with Crippen LogP contribution in [0, 0.1) is 11.6 Å². The number of anilines is 1. The third kappa shape index (κ3) is 4.10. The van der Waals surface area contributed by atoms with Crippen molar-refractivity contribution in [3.8, 4) is 0 Å². The molecule has 2 aromatic carbocycles. The number of hydrogen-bond donors (Lipinski definition) is 1. The molecule has 0 radical (unpaired) electrons. The van der Waals surface area contributed by atoms with Gasteiger partial charge in [-0.2, -0.15) is 4.57 Å². The van der Waals surface area contributed by atoms with Crippen molar-refractivity contribution in [1.82, 2.24) is 0 Å². The Hall–Kier alpha value is -3.12. The zero-order valence-electron chi connectivity index (χ0n) is 13.5. The van der Waals surface area contributed by atoms with Gasteiger partial charge in [0.25, 0.3) is 0 Å². The summed E-state index contributed by atoms with van der Waals surface area (Å²) in [6.45, 7) is 0. The van der Waals surface area contributed by atoms with Crippen molar-refractivity contribution in [1.29, 1.82) is 0 Å². The monoisotopic (exact) mass is 368 g/mol. The van der Waals surface area contributed by atoms with E-state index in [2.05, 4.69) is 5.32 Å². The molecule has 0 aliphatic heterocycles. The van der Waals surface area contributed by atoms with E-state index in [-0.39, 0.29) is 22.3 Å². The van der Waals surface area contributed by atoms with E-state index in [0.29, 0.717) is 11.3 Å². The van der Waals surface area contributed by atoms with Crippen LogP contribution in [0.5, 0.6) is 0 Å². The van der Waals surface area contributed by atoms with Crippen molar-refractivity contribution in [3.05, 3.63) is 96.3 Å². The number of nitrogens with zero attached hydrogens (tertiary/aromatic N) is 1. The lowest BCUT2D eigenvalue weighted by Crippen LogP contribution is -2.39. The molecule has 0 aliphatic carbocycles. The quantitative estimate of drug-likeness (QED) is 0.332. The molecule has 0 bridgehead atoms. The molecule has 3 rings (SSSR count). The van der Waals surface area contributed by atoms with E-state index in [1.54, 1.807) is 29.1 Å². The highest BCUT2D eigenvalue weighted by atomic mass is 32.1. The Balaban J connectivity index is 2.03. The molecule has 3 aromatic rings. The van der Waals surface area contributed by atoms with Gasteiger partial charge in [0.1, 0.15) is 11.6 Å². The Labute approximate surface area is 154 Å². The fourth-order valence-electron chi connectivity index (χ4n) is 2.35. The molecule has 0 fully saturated rings. The number of pyridine rings is 1. The van der Waals surface area contributed by atoms with Gasteiger partial charge in [0, 0.05) is 17.8 Å². The molecule has 0 amide bonds. The van der Waals surface area contributed by atoms with Gasteiger partial charge in [0.15, 0.2) is 17.4 Å². The zero-order chi connectivity index (χ0) is 18.5. The van der Waals surface area contributed by atoms with Crippen molar-refractivity contribution in [2.75, 3.05) is 5.32 Å². The van der Waals surface area contributed by atoms with Gasteiger partial charge in [0.05, 0.1) is 0 Å². The number of benzene rings is 2. The molecule has 3 nitrogen and oxygen atoms in total. The molecular formula is C20H14F2N2OS. The second kappa shape index (κ2) is 7.84. The van der Waals surface area contributed by atoms with Crippen molar-refractivity contribution in [3.63, 3.8) is 0 Å². The minimum absolute atomic E-state index is 0.169. The normalized spacial score (nSPS) is 11.6. The Kier molecular flexibility index (Phi) is 5.34. The maximum atomic E-state index is 13.2. The average molecular weight is 368 g/mol. The molecule has 0 spiro atoms. The van der Waals surface area contributed by atoms with Gasteiger partial charge in [-0.3, -0.25) is 0 Å². The third-order valence-electron chi connectivity index (χ3n) is 3.61. The van der Waals surface area contributed by atoms with Crippen LogP contribution >= 0.6 is 12.2 Å². The van der Waals surface area contributed by atoms with Gasteiger partial charge in [0.2, 0.25) is 5.70 Å². The van der Waals surface area contributed by atoms with Crippen LogP contribution in [-0.4, -0.2) is 4.99 Å². The maximum absolute atomic E-state index is 13.2. The Morgan fingerprint density at radius 2 is 1.38 bits per heavy atom. The standard InChI is InChI=1S/C20H14F2N2OS/c21-15-6-4-14(5-7-15)19(25)18(24-12-2-1-3-13-24)20(26)23-17-10-8-16(22)9-11-17/h1-13H,(H-,23,25,26). The lowest BCUT2D eigenvalue weighted by Gasteiger charge is -2.17. The minimum atomic E-state index is -0.428. The molecule has 0 atom stereocenters. The van der Waals surface area contributed by atoms with Crippen LogP contribution in [0.15, 0.2) is 79.1 Å². The number of rotatable bonds is 4. The smallest absolute Gasteiger partial charge is 0.238 e. The van der Waals surface area contributed by atoms with Crippen LogP contribution < -0.4 is 15.0 Å². The molecule has 26 heavy (non-hydrogen) atoms. The van der Waals surface area contributed by atoms with Crippen LogP contribution in [0.4, 0.5) is 14.5 Å². The Morgan fingerprint density at radius 3 is 1.96 bits per heavy atom. The Morgan fingerprint density at radius 1 is 0.846 bits per heavy atom. The predicted molar refractivity (Wildman–Crippen MR) is 98.8 cm³/mol. The number of nitrogens with one attached hydrogen (secondary N) is 1. The van der Waals surface area contributed by atoms with Crippen molar-refractivity contribution >= 4 is 34.3 Å². The van der Waals surface area contributed by atoms with Gasteiger partial charge >= 0.3 is 0 Å². The number of thiocarbonyl (C=S) groups is 1. The predicted octanol–water partition coefficient (Wildman–Crippen LogP) is 3.38. The minimum Gasteiger partial charge on any atom is -0.867 e. The molecule has 130 valence electrons. The van der Waals surface area contributed by atoms with E-state index in [1.165, 1.54) is 48.5 Å². The first-order valence-corrected chi connectivity index (χ1v) is 8.16. The summed E-state index contributed by atoms with van der Waals surface area (Å²) < 4.78 is 27.8. The first-order valence-electron chi connectivity index (χ1n) is 7.75. The highest BCUT2D eigenvalue weighted by molar-refractivity contribution is 7.81. The highest BCUT2D eigenvalue weighted by Gasteiger charge is 2.18. The summed E-state index contributed by atoms with van der Waals surface area (Å²) in [6, 6.07) is 16.2. The summed E-state index contributed by atoms with van der Waals surface area (Å²) in [6.07, 6.45) is 3.38. The molecule has 0 saturated carbocycles.